The normalized spacial score (nSPS) is 13.5. The molecule has 0 aliphatic rings. The summed E-state index contributed by atoms with van der Waals surface area (Å²) in [5, 5.41) is 0. The highest BCUT2D eigenvalue weighted by Gasteiger charge is 2.25. The van der Waals surface area contributed by atoms with E-state index < -0.39 is 17.0 Å². The Balaban J connectivity index is 4.39. The van der Waals surface area contributed by atoms with Gasteiger partial charge in [-0.15, -0.1) is 0 Å². The molecule has 0 aliphatic heterocycles. The van der Waals surface area contributed by atoms with Crippen LogP contribution < -0.4 is 0 Å². The van der Waals surface area contributed by atoms with Gasteiger partial charge in [0.2, 0.25) is 0 Å². The first kappa shape index (κ1) is 9.27. The highest BCUT2D eigenvalue weighted by molar-refractivity contribution is 5.96. The predicted molar refractivity (Wildman–Crippen MR) is 34.8 cm³/mol. The number of hydrogen-bond donors (Lipinski definition) is 0. The fraction of sp³-hybridized carbons (Fsp3) is 0.571. The molecule has 0 saturated heterocycles. The lowest BCUT2D eigenvalue weighted by Crippen LogP contribution is -2.20. The molecule has 1 nitrogen and oxygen atoms in total. The molecule has 0 saturated carbocycles. The molecule has 0 aromatic carbocycles. The molecule has 0 heterocycles. The summed E-state index contributed by atoms with van der Waals surface area (Å²) < 4.78 is 23.6. The molecule has 0 atom stereocenters. The SMILES string of the molecule is CC(C)(C)C(=O)/C(F)=C/F. The van der Waals surface area contributed by atoms with Crippen LogP contribution in [0.15, 0.2) is 12.2 Å². The number of carbonyl (C=O) groups is 1. The van der Waals surface area contributed by atoms with Gasteiger partial charge in [0.25, 0.3) is 0 Å². The smallest absolute Gasteiger partial charge is 0.198 e. The molecule has 0 bridgehead atoms. The fourth-order valence-electron chi connectivity index (χ4n) is 0.408. The van der Waals surface area contributed by atoms with Crippen LogP contribution in [0.5, 0.6) is 0 Å². The lowest BCUT2D eigenvalue weighted by atomic mass is 9.90. The van der Waals surface area contributed by atoms with Gasteiger partial charge in [-0.25, -0.2) is 8.78 Å². The molecular weight excluding hydrogens is 138 g/mol. The van der Waals surface area contributed by atoms with Crippen molar-refractivity contribution in [1.82, 2.24) is 0 Å². The van der Waals surface area contributed by atoms with E-state index in [9.17, 15) is 13.6 Å². The third-order valence-corrected chi connectivity index (χ3v) is 0.994. The van der Waals surface area contributed by atoms with Gasteiger partial charge in [0.1, 0.15) is 6.33 Å². The molecule has 0 amide bonds. The average Bonchev–Trinajstić information content (AvgIpc) is 1.83. The molecule has 0 rings (SSSR count). The molecule has 0 unspecified atom stereocenters. The van der Waals surface area contributed by atoms with Crippen molar-refractivity contribution in [1.29, 1.82) is 0 Å². The van der Waals surface area contributed by atoms with E-state index in [0.29, 0.717) is 0 Å². The highest BCUT2D eigenvalue weighted by atomic mass is 19.2. The van der Waals surface area contributed by atoms with Crippen molar-refractivity contribution < 1.29 is 13.6 Å². The van der Waals surface area contributed by atoms with Crippen molar-refractivity contribution in [3.8, 4) is 0 Å². The van der Waals surface area contributed by atoms with Crippen LogP contribution in [-0.2, 0) is 4.79 Å². The molecule has 58 valence electrons. The maximum Gasteiger partial charge on any atom is 0.198 e. The van der Waals surface area contributed by atoms with E-state index in [4.69, 9.17) is 0 Å². The van der Waals surface area contributed by atoms with Crippen LogP contribution in [0.1, 0.15) is 20.8 Å². The number of halogens is 2. The van der Waals surface area contributed by atoms with Crippen molar-refractivity contribution in [3.05, 3.63) is 12.2 Å². The molecule has 0 aliphatic carbocycles. The van der Waals surface area contributed by atoms with Crippen molar-refractivity contribution in [3.63, 3.8) is 0 Å². The number of hydrogen-bond acceptors (Lipinski definition) is 1. The van der Waals surface area contributed by atoms with Crippen molar-refractivity contribution in [2.24, 2.45) is 5.41 Å². The van der Waals surface area contributed by atoms with Crippen molar-refractivity contribution in [2.75, 3.05) is 0 Å². The zero-order valence-electron chi connectivity index (χ0n) is 6.24. The van der Waals surface area contributed by atoms with Crippen LogP contribution >= 0.6 is 0 Å². The van der Waals surface area contributed by atoms with Gasteiger partial charge in [0.05, 0.1) is 0 Å². The summed E-state index contributed by atoms with van der Waals surface area (Å²) >= 11 is 0. The molecule has 0 N–H and O–H groups in total. The Hall–Kier alpha value is -0.730. The maximum atomic E-state index is 12.2. The quantitative estimate of drug-likeness (QED) is 0.522. The third kappa shape index (κ3) is 2.25. The summed E-state index contributed by atoms with van der Waals surface area (Å²) in [6, 6.07) is 0. The monoisotopic (exact) mass is 148 g/mol. The molecule has 0 aromatic rings. The summed E-state index contributed by atoms with van der Waals surface area (Å²) in [6.45, 7) is 4.58. The lowest BCUT2D eigenvalue weighted by molar-refractivity contribution is -0.124. The van der Waals surface area contributed by atoms with Crippen LogP contribution in [0, 0.1) is 5.41 Å². The summed E-state index contributed by atoms with van der Waals surface area (Å²) in [4.78, 5) is 10.7. The Morgan fingerprint density at radius 2 is 1.80 bits per heavy atom. The Bertz CT molecular complexity index is 165. The number of ketones is 1. The van der Waals surface area contributed by atoms with Crippen molar-refractivity contribution >= 4 is 5.78 Å². The first-order chi connectivity index (χ1) is 4.39. The number of allylic oxidation sites excluding steroid dienone is 1. The second-order valence-electron chi connectivity index (χ2n) is 3.04. The third-order valence-electron chi connectivity index (χ3n) is 0.994. The number of Topliss-reactive ketones (excluding diaryl/α,β-unsaturated/α-hetero) is 1. The number of rotatable bonds is 1. The summed E-state index contributed by atoms with van der Waals surface area (Å²) in [7, 11) is 0. The average molecular weight is 148 g/mol. The van der Waals surface area contributed by atoms with E-state index in [1.165, 1.54) is 20.8 Å². The van der Waals surface area contributed by atoms with Crippen LogP contribution in [-0.4, -0.2) is 5.78 Å². The van der Waals surface area contributed by atoms with Gasteiger partial charge in [-0.3, -0.25) is 4.79 Å². The molecule has 3 heteroatoms. The van der Waals surface area contributed by atoms with Crippen LogP contribution in [0.25, 0.3) is 0 Å². The van der Waals surface area contributed by atoms with Crippen LogP contribution in [0.3, 0.4) is 0 Å². The van der Waals surface area contributed by atoms with Crippen molar-refractivity contribution in [2.45, 2.75) is 20.8 Å². The Kier molecular flexibility index (Phi) is 2.69. The van der Waals surface area contributed by atoms with Crippen LogP contribution in [0.2, 0.25) is 0 Å². The highest BCUT2D eigenvalue weighted by Crippen LogP contribution is 2.20. The zero-order chi connectivity index (χ0) is 8.36. The number of carbonyl (C=O) groups excluding carboxylic acids is 1. The van der Waals surface area contributed by atoms with Gasteiger partial charge < -0.3 is 0 Å². The molecular formula is C7H10F2O. The maximum absolute atomic E-state index is 12.2. The Morgan fingerprint density at radius 3 is 1.90 bits per heavy atom. The first-order valence-electron chi connectivity index (χ1n) is 2.90. The summed E-state index contributed by atoms with van der Waals surface area (Å²) in [5.74, 6) is -2.12. The van der Waals surface area contributed by atoms with E-state index in [-0.39, 0.29) is 6.33 Å². The standard InChI is InChI=1S/C7H10F2O/c1-7(2,3)6(10)5(9)4-8/h4H,1-3H3/b5-4-. The largest absolute Gasteiger partial charge is 0.291 e. The molecule has 0 radical (unpaired) electrons. The van der Waals surface area contributed by atoms with E-state index in [1.807, 2.05) is 0 Å². The Labute approximate surface area is 58.7 Å². The second kappa shape index (κ2) is 2.90. The fourth-order valence-corrected chi connectivity index (χ4v) is 0.408. The summed E-state index contributed by atoms with van der Waals surface area (Å²) in [6.07, 6.45) is -0.312. The van der Waals surface area contributed by atoms with E-state index in [1.54, 1.807) is 0 Å². The van der Waals surface area contributed by atoms with Crippen LogP contribution in [0.4, 0.5) is 8.78 Å². The van der Waals surface area contributed by atoms with Gasteiger partial charge in [0, 0.05) is 5.41 Å². The molecule has 0 spiro atoms. The van der Waals surface area contributed by atoms with Gasteiger partial charge in [-0.05, 0) is 0 Å². The van der Waals surface area contributed by atoms with E-state index in [0.717, 1.165) is 0 Å². The minimum atomic E-state index is -1.31. The van der Waals surface area contributed by atoms with E-state index >= 15 is 0 Å². The van der Waals surface area contributed by atoms with Gasteiger partial charge in [-0.1, -0.05) is 20.8 Å². The summed E-state index contributed by atoms with van der Waals surface area (Å²) in [5.41, 5.74) is -0.841. The topological polar surface area (TPSA) is 17.1 Å². The van der Waals surface area contributed by atoms with E-state index in [2.05, 4.69) is 0 Å². The van der Waals surface area contributed by atoms with Gasteiger partial charge >= 0.3 is 0 Å². The zero-order valence-corrected chi connectivity index (χ0v) is 6.24. The molecule has 0 fully saturated rings. The first-order valence-corrected chi connectivity index (χ1v) is 2.90. The Morgan fingerprint density at radius 1 is 1.40 bits per heavy atom. The van der Waals surface area contributed by atoms with Gasteiger partial charge in [0.15, 0.2) is 11.6 Å². The minimum Gasteiger partial charge on any atom is -0.291 e. The second-order valence-corrected chi connectivity index (χ2v) is 3.04. The molecule has 0 aromatic heterocycles. The predicted octanol–water partition coefficient (Wildman–Crippen LogP) is 2.38. The minimum absolute atomic E-state index is 0.312. The molecule has 10 heavy (non-hydrogen) atoms. The lowest BCUT2D eigenvalue weighted by Gasteiger charge is -2.13. The van der Waals surface area contributed by atoms with Gasteiger partial charge in [-0.2, -0.15) is 0 Å².